The molecule has 0 aliphatic rings. The average Bonchev–Trinajstić information content (AvgIpc) is 2.33. The van der Waals surface area contributed by atoms with E-state index in [1.807, 2.05) is 45.0 Å². The van der Waals surface area contributed by atoms with Crippen molar-refractivity contribution in [2.45, 2.75) is 27.2 Å². The monoisotopic (exact) mass is 282 g/mol. The van der Waals surface area contributed by atoms with Gasteiger partial charge in [0.25, 0.3) is 0 Å². The molecule has 0 aromatic heterocycles. The first kappa shape index (κ1) is 16.0. The minimum absolute atomic E-state index is 0.0744. The van der Waals surface area contributed by atoms with Gasteiger partial charge >= 0.3 is 0 Å². The lowest BCUT2D eigenvalue weighted by molar-refractivity contribution is -0.129. The molecule has 0 spiro atoms. The molecule has 1 rings (SSSR count). The fourth-order valence-corrected chi connectivity index (χ4v) is 2.13. The van der Waals surface area contributed by atoms with Crippen LogP contribution in [0, 0.1) is 5.41 Å². The highest BCUT2D eigenvalue weighted by molar-refractivity contribution is 6.30. The van der Waals surface area contributed by atoms with E-state index < -0.39 is 5.41 Å². The molecule has 106 valence electrons. The Bertz CT molecular complexity index is 418. The van der Waals surface area contributed by atoms with Crippen LogP contribution in [0.3, 0.4) is 0 Å². The Balaban J connectivity index is 2.52. The van der Waals surface area contributed by atoms with Crippen LogP contribution in [0.15, 0.2) is 24.3 Å². The lowest BCUT2D eigenvalue weighted by Crippen LogP contribution is -2.41. The highest BCUT2D eigenvalue weighted by Crippen LogP contribution is 2.23. The van der Waals surface area contributed by atoms with Gasteiger partial charge in [-0.05, 0) is 30.7 Å². The topological polar surface area (TPSA) is 41.1 Å². The fraction of sp³-hybridized carbons (Fsp3) is 0.533. The van der Waals surface area contributed by atoms with Gasteiger partial charge < -0.3 is 10.6 Å². The van der Waals surface area contributed by atoms with Gasteiger partial charge in [0.1, 0.15) is 0 Å². The van der Waals surface area contributed by atoms with Crippen molar-refractivity contribution in [2.75, 3.05) is 19.6 Å². The number of halogens is 1. The first-order valence-electron chi connectivity index (χ1n) is 6.69. The van der Waals surface area contributed by atoms with Crippen molar-refractivity contribution in [3.63, 3.8) is 0 Å². The molecule has 19 heavy (non-hydrogen) atoms. The molecule has 0 unspecified atom stereocenters. The largest absolute Gasteiger partial charge is 0.354 e. The van der Waals surface area contributed by atoms with E-state index in [1.165, 1.54) is 0 Å². The third-order valence-electron chi connectivity index (χ3n) is 2.99. The predicted molar refractivity (Wildman–Crippen MR) is 80.5 cm³/mol. The minimum Gasteiger partial charge on any atom is -0.354 e. The smallest absolute Gasteiger partial charge is 0.226 e. The fourth-order valence-electron chi connectivity index (χ4n) is 1.92. The summed E-state index contributed by atoms with van der Waals surface area (Å²) in [6.45, 7) is 8.33. The molecule has 0 aliphatic heterocycles. The molecule has 0 atom stereocenters. The van der Waals surface area contributed by atoms with Gasteiger partial charge in [-0.1, -0.05) is 44.5 Å². The second-order valence-corrected chi connectivity index (χ2v) is 5.74. The molecule has 1 aromatic carbocycles. The van der Waals surface area contributed by atoms with E-state index >= 15 is 0 Å². The molecular formula is C15H23ClN2O. The Hall–Kier alpha value is -1.06. The molecule has 0 saturated carbocycles. The Morgan fingerprint density at radius 2 is 2.05 bits per heavy atom. The quantitative estimate of drug-likeness (QED) is 0.755. The molecule has 3 nitrogen and oxygen atoms in total. The maximum absolute atomic E-state index is 12.1. The number of carbonyl (C=O) groups excluding carboxylic acids is 1. The molecule has 0 heterocycles. The van der Waals surface area contributed by atoms with Crippen molar-refractivity contribution >= 4 is 17.5 Å². The zero-order chi connectivity index (χ0) is 14.3. The molecule has 0 aliphatic carbocycles. The van der Waals surface area contributed by atoms with E-state index in [9.17, 15) is 4.79 Å². The molecule has 0 radical (unpaired) electrons. The summed E-state index contributed by atoms with van der Waals surface area (Å²) in [5, 5.41) is 6.85. The highest BCUT2D eigenvalue weighted by atomic mass is 35.5. The van der Waals surface area contributed by atoms with E-state index in [4.69, 9.17) is 11.6 Å². The lowest BCUT2D eigenvalue weighted by atomic mass is 9.85. The zero-order valence-electron chi connectivity index (χ0n) is 11.9. The van der Waals surface area contributed by atoms with Gasteiger partial charge in [-0.2, -0.15) is 0 Å². The number of amides is 1. The van der Waals surface area contributed by atoms with Crippen LogP contribution in [-0.2, 0) is 11.2 Å². The second-order valence-electron chi connectivity index (χ2n) is 5.30. The molecule has 0 saturated heterocycles. The van der Waals surface area contributed by atoms with Crippen molar-refractivity contribution < 1.29 is 4.79 Å². The van der Waals surface area contributed by atoms with Crippen molar-refractivity contribution in [3.05, 3.63) is 34.9 Å². The standard InChI is InChI=1S/C15H23ClN2O/c1-4-17-8-9-18-14(19)15(2,3)11-12-6-5-7-13(16)10-12/h5-7,10,17H,4,8-9,11H2,1-3H3,(H,18,19). The first-order chi connectivity index (χ1) is 8.95. The minimum atomic E-state index is -0.434. The van der Waals surface area contributed by atoms with E-state index in [-0.39, 0.29) is 5.91 Å². The lowest BCUT2D eigenvalue weighted by Gasteiger charge is -2.24. The molecule has 0 bridgehead atoms. The molecular weight excluding hydrogens is 260 g/mol. The van der Waals surface area contributed by atoms with Gasteiger partial charge in [0.2, 0.25) is 5.91 Å². The number of nitrogens with one attached hydrogen (secondary N) is 2. The Morgan fingerprint density at radius 1 is 1.32 bits per heavy atom. The van der Waals surface area contributed by atoms with Crippen molar-refractivity contribution in [1.29, 1.82) is 0 Å². The summed E-state index contributed by atoms with van der Waals surface area (Å²) in [6, 6.07) is 7.67. The summed E-state index contributed by atoms with van der Waals surface area (Å²) in [5.41, 5.74) is 0.649. The molecule has 0 fully saturated rings. The van der Waals surface area contributed by atoms with Crippen LogP contribution in [0.5, 0.6) is 0 Å². The summed E-state index contributed by atoms with van der Waals surface area (Å²) < 4.78 is 0. The van der Waals surface area contributed by atoms with Gasteiger partial charge in [-0.15, -0.1) is 0 Å². The van der Waals surface area contributed by atoms with Crippen molar-refractivity contribution in [3.8, 4) is 0 Å². The number of likely N-dealkylation sites (N-methyl/N-ethyl adjacent to an activating group) is 1. The van der Waals surface area contributed by atoms with Gasteiger partial charge in [-0.3, -0.25) is 4.79 Å². The van der Waals surface area contributed by atoms with Gasteiger partial charge in [0.05, 0.1) is 0 Å². The SMILES string of the molecule is CCNCCNC(=O)C(C)(C)Cc1cccc(Cl)c1. The maximum atomic E-state index is 12.1. The molecule has 2 N–H and O–H groups in total. The van der Waals surface area contributed by atoms with Gasteiger partial charge in [0, 0.05) is 23.5 Å². The highest BCUT2D eigenvalue weighted by Gasteiger charge is 2.27. The van der Waals surface area contributed by atoms with Crippen LogP contribution in [-0.4, -0.2) is 25.5 Å². The van der Waals surface area contributed by atoms with Crippen molar-refractivity contribution in [1.82, 2.24) is 10.6 Å². The first-order valence-corrected chi connectivity index (χ1v) is 7.07. The van der Waals surface area contributed by atoms with Crippen LogP contribution in [0.25, 0.3) is 0 Å². The van der Waals surface area contributed by atoms with Gasteiger partial charge in [0.15, 0.2) is 0 Å². The summed E-state index contributed by atoms with van der Waals surface area (Å²) in [5.74, 6) is 0.0744. The molecule has 1 amide bonds. The Labute approximate surface area is 120 Å². The van der Waals surface area contributed by atoms with Crippen LogP contribution < -0.4 is 10.6 Å². The summed E-state index contributed by atoms with van der Waals surface area (Å²) >= 11 is 5.96. The zero-order valence-corrected chi connectivity index (χ0v) is 12.7. The Kier molecular flexibility index (Phi) is 6.32. The third-order valence-corrected chi connectivity index (χ3v) is 3.22. The average molecular weight is 283 g/mol. The van der Waals surface area contributed by atoms with E-state index in [0.29, 0.717) is 18.0 Å². The predicted octanol–water partition coefficient (Wildman–Crippen LogP) is 2.63. The van der Waals surface area contributed by atoms with E-state index in [1.54, 1.807) is 0 Å². The number of hydrogen-bond acceptors (Lipinski definition) is 2. The summed E-state index contributed by atoms with van der Waals surface area (Å²) in [6.07, 6.45) is 0.681. The third kappa shape index (κ3) is 5.62. The van der Waals surface area contributed by atoms with Gasteiger partial charge in [-0.25, -0.2) is 0 Å². The number of rotatable bonds is 7. The van der Waals surface area contributed by atoms with Crippen LogP contribution in [0.1, 0.15) is 26.3 Å². The molecule has 1 aromatic rings. The summed E-state index contributed by atoms with van der Waals surface area (Å²) in [7, 11) is 0. The number of hydrogen-bond donors (Lipinski definition) is 2. The Morgan fingerprint density at radius 3 is 2.68 bits per heavy atom. The van der Waals surface area contributed by atoms with Crippen molar-refractivity contribution in [2.24, 2.45) is 5.41 Å². The normalized spacial score (nSPS) is 11.4. The maximum Gasteiger partial charge on any atom is 0.226 e. The van der Waals surface area contributed by atoms with E-state index in [2.05, 4.69) is 10.6 Å². The molecule has 4 heteroatoms. The van der Waals surface area contributed by atoms with E-state index in [0.717, 1.165) is 18.7 Å². The van der Waals surface area contributed by atoms with Crippen LogP contribution in [0.4, 0.5) is 0 Å². The second kappa shape index (κ2) is 7.51. The van der Waals surface area contributed by atoms with Crippen LogP contribution >= 0.6 is 11.6 Å². The number of carbonyl (C=O) groups is 1. The van der Waals surface area contributed by atoms with Crippen LogP contribution in [0.2, 0.25) is 5.02 Å². The summed E-state index contributed by atoms with van der Waals surface area (Å²) in [4.78, 5) is 12.1. The number of benzene rings is 1.